The number of amides is 2. The van der Waals surface area contributed by atoms with Crippen LogP contribution in [0.2, 0.25) is 0 Å². The monoisotopic (exact) mass is 431 g/mol. The molecule has 1 aliphatic rings. The number of aromatic nitrogens is 1. The second-order valence-electron chi connectivity index (χ2n) is 7.57. The molecule has 2 amide bonds. The topological polar surface area (TPSA) is 110 Å². The van der Waals surface area contributed by atoms with Gasteiger partial charge < -0.3 is 26.0 Å². The maximum Gasteiger partial charge on any atom is 0.407 e. The second kappa shape index (κ2) is 9.82. The average Bonchev–Trinajstić information content (AvgIpc) is 3.28. The smallest absolute Gasteiger partial charge is 0.407 e. The number of nitrogens with zero attached hydrogens (tertiary/aromatic N) is 2. The van der Waals surface area contributed by atoms with E-state index in [1.165, 1.54) is 0 Å². The maximum absolute atomic E-state index is 12.5. The molecule has 1 atom stereocenters. The minimum absolute atomic E-state index is 0.187. The lowest BCUT2D eigenvalue weighted by molar-refractivity contribution is 0.102. The Morgan fingerprint density at radius 2 is 1.91 bits per heavy atom. The molecule has 0 bridgehead atoms. The first-order valence-corrected chi connectivity index (χ1v) is 10.4. The first-order valence-electron chi connectivity index (χ1n) is 10.4. The number of benzene rings is 2. The lowest BCUT2D eigenvalue weighted by Crippen LogP contribution is -2.30. The van der Waals surface area contributed by atoms with Crippen LogP contribution in [0.15, 0.2) is 73.1 Å². The van der Waals surface area contributed by atoms with Crippen LogP contribution < -0.4 is 21.3 Å². The van der Waals surface area contributed by atoms with Crippen LogP contribution in [-0.2, 0) is 11.3 Å². The molecule has 0 spiro atoms. The fraction of sp³-hybridized carbons (Fsp3) is 0.208. The molecule has 4 N–H and O–H groups in total. The van der Waals surface area contributed by atoms with Crippen molar-refractivity contribution in [3.05, 3.63) is 84.2 Å². The van der Waals surface area contributed by atoms with E-state index in [0.29, 0.717) is 30.0 Å². The van der Waals surface area contributed by atoms with Crippen molar-refractivity contribution < 1.29 is 14.3 Å². The maximum atomic E-state index is 12.5. The van der Waals surface area contributed by atoms with Crippen molar-refractivity contribution in [3.63, 3.8) is 0 Å². The molecule has 0 radical (unpaired) electrons. The summed E-state index contributed by atoms with van der Waals surface area (Å²) >= 11 is 0. The summed E-state index contributed by atoms with van der Waals surface area (Å²) in [6.07, 6.45) is 3.51. The van der Waals surface area contributed by atoms with E-state index in [9.17, 15) is 9.59 Å². The molecular formula is C24H25N5O3. The van der Waals surface area contributed by atoms with E-state index in [0.717, 1.165) is 24.2 Å². The van der Waals surface area contributed by atoms with Gasteiger partial charge in [-0.2, -0.15) is 0 Å². The number of hydrogen-bond acceptors (Lipinski definition) is 6. The fourth-order valence-electron chi connectivity index (χ4n) is 3.56. The zero-order valence-electron chi connectivity index (χ0n) is 17.5. The predicted octanol–water partition coefficient (Wildman–Crippen LogP) is 3.42. The van der Waals surface area contributed by atoms with E-state index in [1.54, 1.807) is 36.7 Å². The molecule has 0 saturated carbocycles. The van der Waals surface area contributed by atoms with Gasteiger partial charge in [0.15, 0.2) is 0 Å². The van der Waals surface area contributed by atoms with Gasteiger partial charge in [-0.1, -0.05) is 18.2 Å². The molecule has 0 aliphatic carbocycles. The van der Waals surface area contributed by atoms with Crippen molar-refractivity contribution in [2.45, 2.75) is 19.1 Å². The van der Waals surface area contributed by atoms with Crippen molar-refractivity contribution in [1.29, 1.82) is 0 Å². The summed E-state index contributed by atoms with van der Waals surface area (Å²) in [6, 6.07) is 18.2. The molecule has 2 heterocycles. The first kappa shape index (κ1) is 21.2. The number of ether oxygens (including phenoxy) is 1. The summed E-state index contributed by atoms with van der Waals surface area (Å²) in [5.74, 6) is -0.220. The van der Waals surface area contributed by atoms with Crippen molar-refractivity contribution in [2.24, 2.45) is 0 Å². The van der Waals surface area contributed by atoms with Gasteiger partial charge in [-0.25, -0.2) is 4.79 Å². The van der Waals surface area contributed by atoms with E-state index in [4.69, 9.17) is 10.5 Å². The number of alkyl carbamates (subject to hydrolysis) is 1. The average molecular weight is 431 g/mol. The van der Waals surface area contributed by atoms with Crippen LogP contribution in [0.3, 0.4) is 0 Å². The van der Waals surface area contributed by atoms with Crippen LogP contribution in [0.25, 0.3) is 0 Å². The Hall–Kier alpha value is -4.07. The van der Waals surface area contributed by atoms with Gasteiger partial charge in [-0.05, 0) is 48.0 Å². The number of carbonyl (C=O) groups excluding carboxylic acids is 2. The van der Waals surface area contributed by atoms with Crippen molar-refractivity contribution >= 4 is 29.1 Å². The van der Waals surface area contributed by atoms with Gasteiger partial charge in [-0.15, -0.1) is 0 Å². The predicted molar refractivity (Wildman–Crippen MR) is 123 cm³/mol. The summed E-state index contributed by atoms with van der Waals surface area (Å²) in [5.41, 5.74) is 9.42. The van der Waals surface area contributed by atoms with E-state index in [1.807, 2.05) is 36.4 Å². The lowest BCUT2D eigenvalue weighted by atomic mass is 10.1. The van der Waals surface area contributed by atoms with Gasteiger partial charge in [0.1, 0.15) is 6.10 Å². The van der Waals surface area contributed by atoms with Crippen LogP contribution in [0, 0.1) is 0 Å². The van der Waals surface area contributed by atoms with Gasteiger partial charge in [-0.3, -0.25) is 9.78 Å². The summed E-state index contributed by atoms with van der Waals surface area (Å²) in [4.78, 5) is 30.7. The zero-order chi connectivity index (χ0) is 22.3. The Morgan fingerprint density at radius 3 is 2.66 bits per heavy atom. The van der Waals surface area contributed by atoms with E-state index < -0.39 is 6.09 Å². The van der Waals surface area contributed by atoms with Crippen LogP contribution >= 0.6 is 0 Å². The van der Waals surface area contributed by atoms with Gasteiger partial charge in [0, 0.05) is 43.2 Å². The standard InChI is InChI=1S/C24H25N5O3/c25-21-5-1-2-6-22(21)28-23(30)18-7-9-19(10-8-18)29-13-11-20(16-29)32-24(31)27-15-17-4-3-12-26-14-17/h1-10,12,14,20H,11,13,15-16,25H2,(H,27,31)(H,28,30). The molecular weight excluding hydrogens is 406 g/mol. The molecule has 8 nitrogen and oxygen atoms in total. The number of nitrogens with two attached hydrogens (primary N) is 1. The SMILES string of the molecule is Nc1ccccc1NC(=O)c1ccc(N2CCC(OC(=O)NCc3cccnc3)C2)cc1. The van der Waals surface area contributed by atoms with Crippen molar-refractivity contribution in [3.8, 4) is 0 Å². The van der Waals surface area contributed by atoms with Gasteiger partial charge in [0.25, 0.3) is 5.91 Å². The number of rotatable bonds is 6. The first-order chi connectivity index (χ1) is 15.6. The van der Waals surface area contributed by atoms with E-state index in [2.05, 4.69) is 20.5 Å². The molecule has 1 saturated heterocycles. The molecule has 4 rings (SSSR count). The Kier molecular flexibility index (Phi) is 6.50. The van der Waals surface area contributed by atoms with Crippen molar-refractivity contribution in [1.82, 2.24) is 10.3 Å². The third-order valence-corrected chi connectivity index (χ3v) is 5.28. The summed E-state index contributed by atoms with van der Waals surface area (Å²) in [7, 11) is 0. The molecule has 8 heteroatoms. The van der Waals surface area contributed by atoms with Crippen LogP contribution in [-0.4, -0.2) is 36.2 Å². The highest BCUT2D eigenvalue weighted by atomic mass is 16.6. The molecule has 1 fully saturated rings. The summed E-state index contributed by atoms with van der Waals surface area (Å²) in [5, 5.41) is 5.57. The molecule has 164 valence electrons. The van der Waals surface area contributed by atoms with Crippen LogP contribution in [0.4, 0.5) is 21.9 Å². The zero-order valence-corrected chi connectivity index (χ0v) is 17.5. The second-order valence-corrected chi connectivity index (χ2v) is 7.57. The van der Waals surface area contributed by atoms with Gasteiger partial charge >= 0.3 is 6.09 Å². The normalized spacial score (nSPS) is 15.2. The van der Waals surface area contributed by atoms with Crippen molar-refractivity contribution in [2.75, 3.05) is 29.0 Å². The highest BCUT2D eigenvalue weighted by molar-refractivity contribution is 6.05. The molecule has 3 aromatic rings. The largest absolute Gasteiger partial charge is 0.444 e. The lowest BCUT2D eigenvalue weighted by Gasteiger charge is -2.19. The fourth-order valence-corrected chi connectivity index (χ4v) is 3.56. The Balaban J connectivity index is 1.27. The molecule has 32 heavy (non-hydrogen) atoms. The number of para-hydroxylation sites is 2. The third-order valence-electron chi connectivity index (χ3n) is 5.28. The van der Waals surface area contributed by atoms with E-state index >= 15 is 0 Å². The molecule has 1 aromatic heterocycles. The molecule has 2 aromatic carbocycles. The minimum Gasteiger partial charge on any atom is -0.444 e. The number of nitrogens with one attached hydrogen (secondary N) is 2. The summed E-state index contributed by atoms with van der Waals surface area (Å²) < 4.78 is 5.54. The minimum atomic E-state index is -0.437. The Bertz CT molecular complexity index is 1070. The molecule has 1 aliphatic heterocycles. The molecule has 1 unspecified atom stereocenters. The quantitative estimate of drug-likeness (QED) is 0.516. The number of pyridine rings is 1. The Morgan fingerprint density at radius 1 is 1.09 bits per heavy atom. The van der Waals surface area contributed by atoms with Gasteiger partial charge in [0.2, 0.25) is 0 Å². The number of hydrogen-bond donors (Lipinski definition) is 3. The highest BCUT2D eigenvalue weighted by Crippen LogP contribution is 2.23. The number of anilines is 3. The van der Waals surface area contributed by atoms with Crippen LogP contribution in [0.1, 0.15) is 22.3 Å². The van der Waals surface area contributed by atoms with Gasteiger partial charge in [0.05, 0.1) is 17.9 Å². The number of carbonyl (C=O) groups is 2. The Labute approximate surface area is 186 Å². The van der Waals surface area contributed by atoms with E-state index in [-0.39, 0.29) is 12.0 Å². The number of nitrogen functional groups attached to an aromatic ring is 1. The van der Waals surface area contributed by atoms with Crippen LogP contribution in [0.5, 0.6) is 0 Å². The third kappa shape index (κ3) is 5.34. The highest BCUT2D eigenvalue weighted by Gasteiger charge is 2.26. The summed E-state index contributed by atoms with van der Waals surface area (Å²) in [6.45, 7) is 1.75.